The third-order valence-electron chi connectivity index (χ3n) is 8.92. The highest BCUT2D eigenvalue weighted by atomic mass is 15.1. The Balaban J connectivity index is 1.68. The Labute approximate surface area is 207 Å². The quantitative estimate of drug-likeness (QED) is 0.361. The Hall–Kier alpha value is -1.59. The summed E-state index contributed by atoms with van der Waals surface area (Å²) < 4.78 is 0. The first-order valence-corrected chi connectivity index (χ1v) is 14.1. The molecule has 3 N–H and O–H groups in total. The van der Waals surface area contributed by atoms with Gasteiger partial charge in [-0.15, -0.1) is 0 Å². The number of hydrogen-bond donors (Lipinski definition) is 3. The monoisotopic (exact) mass is 465 g/mol. The molecule has 3 aliphatic rings. The van der Waals surface area contributed by atoms with E-state index in [0.29, 0.717) is 18.5 Å². The lowest BCUT2D eigenvalue weighted by Crippen LogP contribution is -2.38. The van der Waals surface area contributed by atoms with Crippen LogP contribution in [0.1, 0.15) is 113 Å². The fourth-order valence-corrected chi connectivity index (χ4v) is 6.76. The molecule has 2 aliphatic heterocycles. The summed E-state index contributed by atoms with van der Waals surface area (Å²) in [6.07, 6.45) is 18.9. The predicted molar refractivity (Wildman–Crippen MR) is 142 cm³/mol. The van der Waals surface area contributed by atoms with Gasteiger partial charge in [0.25, 0.3) is 0 Å². The third kappa shape index (κ3) is 5.96. The number of nitrogens with one attached hydrogen (secondary N) is 3. The summed E-state index contributed by atoms with van der Waals surface area (Å²) >= 11 is 0. The SMILES string of the molecule is CCC1CC2CCc3c(C(C)/C=C\CC=N)nnc(C4CCCCCN4)c3CCC2NCC1C. The predicted octanol–water partition coefficient (Wildman–Crippen LogP) is 5.90. The summed E-state index contributed by atoms with van der Waals surface area (Å²) in [7, 11) is 0. The normalized spacial score (nSPS) is 31.4. The number of nitrogens with zero attached hydrogens (tertiary/aromatic N) is 2. The number of hydrogen-bond acceptors (Lipinski definition) is 5. The van der Waals surface area contributed by atoms with Crippen molar-refractivity contribution in [2.75, 3.05) is 13.1 Å². The van der Waals surface area contributed by atoms with Crippen LogP contribution >= 0.6 is 0 Å². The fraction of sp³-hybridized carbons (Fsp3) is 0.759. The molecule has 4 rings (SSSR count). The highest BCUT2D eigenvalue weighted by Gasteiger charge is 2.34. The van der Waals surface area contributed by atoms with Crippen molar-refractivity contribution >= 4 is 6.21 Å². The van der Waals surface area contributed by atoms with Crippen LogP contribution in [0.2, 0.25) is 0 Å². The van der Waals surface area contributed by atoms with Gasteiger partial charge in [-0.2, -0.15) is 10.2 Å². The third-order valence-corrected chi connectivity index (χ3v) is 8.92. The van der Waals surface area contributed by atoms with Gasteiger partial charge in [-0.05, 0) is 93.1 Å². The van der Waals surface area contributed by atoms with Gasteiger partial charge in [0.15, 0.2) is 0 Å². The molecule has 34 heavy (non-hydrogen) atoms. The Morgan fingerprint density at radius 2 is 1.91 bits per heavy atom. The average Bonchev–Trinajstić information content (AvgIpc) is 3.19. The second-order valence-corrected chi connectivity index (χ2v) is 11.2. The van der Waals surface area contributed by atoms with Crippen LogP contribution in [0, 0.1) is 23.2 Å². The zero-order valence-electron chi connectivity index (χ0n) is 21.8. The van der Waals surface area contributed by atoms with Gasteiger partial charge in [0.1, 0.15) is 0 Å². The molecule has 0 spiro atoms. The zero-order valence-corrected chi connectivity index (χ0v) is 21.8. The van der Waals surface area contributed by atoms with E-state index in [-0.39, 0.29) is 5.92 Å². The minimum atomic E-state index is 0.239. The molecule has 0 bridgehead atoms. The van der Waals surface area contributed by atoms with Gasteiger partial charge in [0.2, 0.25) is 0 Å². The Bertz CT molecular complexity index is 826. The Morgan fingerprint density at radius 1 is 1.06 bits per heavy atom. The topological polar surface area (TPSA) is 73.7 Å². The lowest BCUT2D eigenvalue weighted by Gasteiger charge is -2.32. The van der Waals surface area contributed by atoms with E-state index in [1.54, 1.807) is 0 Å². The van der Waals surface area contributed by atoms with E-state index in [4.69, 9.17) is 15.6 Å². The maximum absolute atomic E-state index is 7.35. The summed E-state index contributed by atoms with van der Waals surface area (Å²) in [6, 6.07) is 0.979. The van der Waals surface area contributed by atoms with E-state index in [1.165, 1.54) is 80.1 Å². The van der Waals surface area contributed by atoms with Crippen molar-refractivity contribution in [1.29, 1.82) is 5.41 Å². The minimum absolute atomic E-state index is 0.239. The van der Waals surface area contributed by atoms with Gasteiger partial charge < -0.3 is 16.0 Å². The summed E-state index contributed by atoms with van der Waals surface area (Å²) in [5.41, 5.74) is 5.41. The molecule has 2 fully saturated rings. The van der Waals surface area contributed by atoms with Crippen LogP contribution in [-0.4, -0.2) is 35.5 Å². The first-order valence-electron chi connectivity index (χ1n) is 14.1. The molecule has 188 valence electrons. The molecular weight excluding hydrogens is 418 g/mol. The maximum Gasteiger partial charge on any atom is 0.0835 e. The zero-order chi connectivity index (χ0) is 23.9. The molecule has 5 heteroatoms. The number of allylic oxidation sites excluding steroid dienone is 2. The number of fused-ring (bicyclic) bond motifs is 2. The van der Waals surface area contributed by atoms with Gasteiger partial charge in [0, 0.05) is 18.4 Å². The first-order chi connectivity index (χ1) is 16.6. The molecule has 0 radical (unpaired) electrons. The lowest BCUT2D eigenvalue weighted by molar-refractivity contribution is 0.272. The van der Waals surface area contributed by atoms with Crippen LogP contribution in [0.25, 0.3) is 0 Å². The Morgan fingerprint density at radius 3 is 2.74 bits per heavy atom. The van der Waals surface area contributed by atoms with Gasteiger partial charge in [-0.25, -0.2) is 0 Å². The molecule has 1 aliphatic carbocycles. The van der Waals surface area contributed by atoms with E-state index < -0.39 is 0 Å². The van der Waals surface area contributed by atoms with Crippen LogP contribution in [-0.2, 0) is 12.8 Å². The molecule has 6 atom stereocenters. The van der Waals surface area contributed by atoms with Gasteiger partial charge in [-0.3, -0.25) is 0 Å². The highest BCUT2D eigenvalue weighted by molar-refractivity contribution is 5.55. The van der Waals surface area contributed by atoms with Gasteiger partial charge >= 0.3 is 0 Å². The number of aromatic nitrogens is 2. The number of rotatable bonds is 6. The molecule has 5 nitrogen and oxygen atoms in total. The Kier molecular flexibility index (Phi) is 9.30. The van der Waals surface area contributed by atoms with Crippen molar-refractivity contribution in [3.63, 3.8) is 0 Å². The summed E-state index contributed by atoms with van der Waals surface area (Å²) in [5.74, 6) is 2.60. The fourth-order valence-electron chi connectivity index (χ4n) is 6.76. The largest absolute Gasteiger partial charge is 0.313 e. The van der Waals surface area contributed by atoms with Gasteiger partial charge in [-0.1, -0.05) is 52.2 Å². The molecular formula is C29H47N5. The van der Waals surface area contributed by atoms with E-state index in [1.807, 2.05) is 0 Å². The molecule has 0 amide bonds. The van der Waals surface area contributed by atoms with Crippen LogP contribution in [0.3, 0.4) is 0 Å². The van der Waals surface area contributed by atoms with E-state index in [0.717, 1.165) is 43.7 Å². The van der Waals surface area contributed by atoms with E-state index in [2.05, 4.69) is 43.6 Å². The summed E-state index contributed by atoms with van der Waals surface area (Å²) in [5, 5.41) is 25.0. The van der Waals surface area contributed by atoms with E-state index >= 15 is 0 Å². The second-order valence-electron chi connectivity index (χ2n) is 11.2. The van der Waals surface area contributed by atoms with Crippen LogP contribution < -0.4 is 10.6 Å². The lowest BCUT2D eigenvalue weighted by atomic mass is 9.76. The van der Waals surface area contributed by atoms with Crippen molar-refractivity contribution in [2.24, 2.45) is 17.8 Å². The standard InChI is InChI=1S/C29H47N5/c1-4-22-18-23-12-13-24-25(14-15-26(23)32-19-21(22)3)29(27-11-6-5-9-17-31-27)34-33-28(24)20(2)10-7-8-16-30/h7,10,16,20-23,26-27,30-32H,4-6,8-9,11-15,17-19H2,1-3H3/b10-7-,30-16?. The molecule has 3 heterocycles. The smallest absolute Gasteiger partial charge is 0.0835 e. The van der Waals surface area contributed by atoms with Crippen LogP contribution in [0.4, 0.5) is 0 Å². The minimum Gasteiger partial charge on any atom is -0.313 e. The molecule has 1 aromatic rings. The van der Waals surface area contributed by atoms with E-state index in [9.17, 15) is 0 Å². The van der Waals surface area contributed by atoms with Crippen molar-refractivity contribution < 1.29 is 0 Å². The summed E-state index contributed by atoms with van der Waals surface area (Å²) in [6.45, 7) is 9.32. The maximum atomic E-state index is 7.35. The highest BCUT2D eigenvalue weighted by Crippen LogP contribution is 2.38. The van der Waals surface area contributed by atoms with Crippen molar-refractivity contribution in [1.82, 2.24) is 20.8 Å². The van der Waals surface area contributed by atoms with Crippen LogP contribution in [0.5, 0.6) is 0 Å². The van der Waals surface area contributed by atoms with Gasteiger partial charge in [0.05, 0.1) is 17.4 Å². The molecule has 1 aromatic heterocycles. The average molecular weight is 466 g/mol. The molecule has 0 aromatic carbocycles. The summed E-state index contributed by atoms with van der Waals surface area (Å²) in [4.78, 5) is 0. The molecule has 2 saturated heterocycles. The van der Waals surface area contributed by atoms with Crippen molar-refractivity contribution in [3.8, 4) is 0 Å². The second kappa shape index (κ2) is 12.4. The first kappa shape index (κ1) is 25.5. The van der Waals surface area contributed by atoms with Crippen molar-refractivity contribution in [3.05, 3.63) is 34.7 Å². The van der Waals surface area contributed by atoms with Crippen molar-refractivity contribution in [2.45, 2.75) is 109 Å². The molecule has 0 saturated carbocycles. The molecule has 6 unspecified atom stereocenters. The van der Waals surface area contributed by atoms with Crippen LogP contribution in [0.15, 0.2) is 12.2 Å².